The molecule has 0 unspecified atom stereocenters. The van der Waals surface area contributed by atoms with Crippen LogP contribution in [0.2, 0.25) is 5.02 Å². The molecule has 3 heterocycles. The number of carbonyl (C=O) groups excluding carboxylic acids is 1. The minimum absolute atomic E-state index is 0.0316. The average Bonchev–Trinajstić information content (AvgIpc) is 3.31. The number of fused-ring (bicyclic) bond motifs is 1. The molecule has 1 saturated heterocycles. The molecule has 1 amide bonds. The summed E-state index contributed by atoms with van der Waals surface area (Å²) >= 11 is 6.07. The number of halogens is 4. The van der Waals surface area contributed by atoms with Crippen molar-refractivity contribution in [3.63, 3.8) is 0 Å². The zero-order chi connectivity index (χ0) is 26.2. The number of ether oxygens (including phenoxy) is 1. The van der Waals surface area contributed by atoms with E-state index in [1.807, 2.05) is 24.3 Å². The van der Waals surface area contributed by atoms with Crippen LogP contribution in [0.3, 0.4) is 0 Å². The van der Waals surface area contributed by atoms with E-state index in [1.165, 1.54) is 7.11 Å². The van der Waals surface area contributed by atoms with E-state index in [9.17, 15) is 18.0 Å². The normalized spacial score (nSPS) is 14.8. The third kappa shape index (κ3) is 5.26. The lowest BCUT2D eigenvalue weighted by Gasteiger charge is -2.34. The van der Waals surface area contributed by atoms with Gasteiger partial charge in [0.1, 0.15) is 11.3 Å². The highest BCUT2D eigenvalue weighted by molar-refractivity contribution is 6.30. The van der Waals surface area contributed by atoms with Crippen molar-refractivity contribution in [2.24, 2.45) is 0 Å². The first-order valence-electron chi connectivity index (χ1n) is 11.6. The van der Waals surface area contributed by atoms with Crippen molar-refractivity contribution < 1.29 is 22.7 Å². The van der Waals surface area contributed by atoms with Gasteiger partial charge in [0.25, 0.3) is 5.91 Å². The molecular formula is C26H23ClF3N5O2. The second kappa shape index (κ2) is 10.0. The van der Waals surface area contributed by atoms with Gasteiger partial charge in [-0.15, -0.1) is 0 Å². The van der Waals surface area contributed by atoms with Crippen molar-refractivity contribution in [3.8, 4) is 17.0 Å². The highest BCUT2D eigenvalue weighted by Gasteiger charge is 2.36. The number of hydrogen-bond acceptors (Lipinski definition) is 5. The number of benzene rings is 2. The minimum atomic E-state index is -4.69. The standard InChI is InChI=1S/C26H23ClF3N5O2/c1-37-20-7-5-18(6-8-20)22-14-23(26(28,29)30)35-24(32-22)21(15-31-35)25(36)34-11-9-33(10-12-34)16-17-3-2-4-19(27)13-17/h2-8,13-15H,9-12,16H2,1H3. The van der Waals surface area contributed by atoms with Gasteiger partial charge in [-0.3, -0.25) is 9.69 Å². The maximum atomic E-state index is 13.9. The Morgan fingerprint density at radius 1 is 1.05 bits per heavy atom. The van der Waals surface area contributed by atoms with Crippen LogP contribution in [0.5, 0.6) is 5.75 Å². The summed E-state index contributed by atoms with van der Waals surface area (Å²) in [4.78, 5) is 21.6. The minimum Gasteiger partial charge on any atom is -0.497 e. The number of methoxy groups -OCH3 is 1. The van der Waals surface area contributed by atoms with Crippen LogP contribution in [0.25, 0.3) is 16.9 Å². The number of hydrogen-bond donors (Lipinski definition) is 0. The summed E-state index contributed by atoms with van der Waals surface area (Å²) in [6.07, 6.45) is -3.53. The van der Waals surface area contributed by atoms with E-state index >= 15 is 0 Å². The Labute approximate surface area is 216 Å². The van der Waals surface area contributed by atoms with Gasteiger partial charge in [-0.05, 0) is 48.0 Å². The van der Waals surface area contributed by atoms with Crippen molar-refractivity contribution in [1.29, 1.82) is 0 Å². The zero-order valence-corrected chi connectivity index (χ0v) is 20.6. The Balaban J connectivity index is 1.41. The number of carbonyl (C=O) groups is 1. The first kappa shape index (κ1) is 25.0. The molecule has 0 bridgehead atoms. The second-order valence-corrected chi connectivity index (χ2v) is 9.18. The van der Waals surface area contributed by atoms with Crippen molar-refractivity contribution in [3.05, 3.63) is 82.6 Å². The Morgan fingerprint density at radius 2 is 1.78 bits per heavy atom. The van der Waals surface area contributed by atoms with Crippen LogP contribution in [0.15, 0.2) is 60.8 Å². The summed E-state index contributed by atoms with van der Waals surface area (Å²) in [6.45, 7) is 2.80. The number of rotatable bonds is 5. The SMILES string of the molecule is COc1ccc(-c2cc(C(F)(F)F)n3ncc(C(=O)N4CCN(Cc5cccc(Cl)c5)CC4)c3n2)cc1. The monoisotopic (exact) mass is 529 g/mol. The van der Waals surface area contributed by atoms with E-state index < -0.39 is 17.8 Å². The molecule has 2 aromatic carbocycles. The van der Waals surface area contributed by atoms with Gasteiger partial charge in [0.05, 0.1) is 19.0 Å². The number of alkyl halides is 3. The van der Waals surface area contributed by atoms with E-state index in [0.717, 1.165) is 17.8 Å². The van der Waals surface area contributed by atoms with Gasteiger partial charge in [-0.25, -0.2) is 9.50 Å². The van der Waals surface area contributed by atoms with Crippen LogP contribution < -0.4 is 4.74 Å². The zero-order valence-electron chi connectivity index (χ0n) is 19.9. The predicted octanol–water partition coefficient (Wildman–Crippen LogP) is 5.04. The Morgan fingerprint density at radius 3 is 2.43 bits per heavy atom. The maximum Gasteiger partial charge on any atom is 0.433 e. The fraction of sp³-hybridized carbons (Fsp3) is 0.269. The third-order valence-corrected chi connectivity index (χ3v) is 6.57. The van der Waals surface area contributed by atoms with Crippen molar-refractivity contribution in [1.82, 2.24) is 24.4 Å². The van der Waals surface area contributed by atoms with Crippen LogP contribution in [0.1, 0.15) is 21.6 Å². The average molecular weight is 530 g/mol. The molecule has 1 aliphatic rings. The van der Waals surface area contributed by atoms with Gasteiger partial charge in [0.2, 0.25) is 0 Å². The highest BCUT2D eigenvalue weighted by atomic mass is 35.5. The molecule has 2 aromatic heterocycles. The predicted molar refractivity (Wildman–Crippen MR) is 133 cm³/mol. The summed E-state index contributed by atoms with van der Waals surface area (Å²) in [5, 5.41) is 4.55. The van der Waals surface area contributed by atoms with E-state index in [-0.39, 0.29) is 16.9 Å². The molecule has 0 saturated carbocycles. The molecule has 0 spiro atoms. The van der Waals surface area contributed by atoms with Crippen LogP contribution in [0, 0.1) is 0 Å². The largest absolute Gasteiger partial charge is 0.497 e. The molecule has 0 atom stereocenters. The quantitative estimate of drug-likeness (QED) is 0.363. The lowest BCUT2D eigenvalue weighted by Crippen LogP contribution is -2.48. The van der Waals surface area contributed by atoms with Crippen LogP contribution in [-0.2, 0) is 12.7 Å². The molecule has 5 rings (SSSR count). The first-order chi connectivity index (χ1) is 17.7. The summed E-state index contributed by atoms with van der Waals surface area (Å²) < 4.78 is 47.6. The number of amides is 1. The lowest BCUT2D eigenvalue weighted by molar-refractivity contribution is -0.142. The topological polar surface area (TPSA) is 63.0 Å². The Bertz CT molecular complexity index is 1430. The van der Waals surface area contributed by atoms with Gasteiger partial charge in [0.15, 0.2) is 11.3 Å². The summed E-state index contributed by atoms with van der Waals surface area (Å²) in [5.74, 6) is 0.167. The fourth-order valence-electron chi connectivity index (χ4n) is 4.40. The van der Waals surface area contributed by atoms with Crippen LogP contribution in [0.4, 0.5) is 13.2 Å². The number of piperazine rings is 1. The van der Waals surface area contributed by atoms with Gasteiger partial charge >= 0.3 is 6.18 Å². The van der Waals surface area contributed by atoms with Gasteiger partial charge in [-0.1, -0.05) is 23.7 Å². The van der Waals surface area contributed by atoms with Crippen molar-refractivity contribution in [2.75, 3.05) is 33.3 Å². The molecule has 11 heteroatoms. The van der Waals surface area contributed by atoms with Crippen LogP contribution in [-0.4, -0.2) is 63.6 Å². The van der Waals surface area contributed by atoms with E-state index in [1.54, 1.807) is 29.2 Å². The Kier molecular flexibility index (Phi) is 6.78. The molecular weight excluding hydrogens is 507 g/mol. The molecule has 37 heavy (non-hydrogen) atoms. The van der Waals surface area contributed by atoms with Gasteiger partial charge in [0, 0.05) is 43.3 Å². The number of nitrogens with zero attached hydrogens (tertiary/aromatic N) is 5. The molecule has 192 valence electrons. The molecule has 1 fully saturated rings. The lowest BCUT2D eigenvalue weighted by atomic mass is 10.1. The highest BCUT2D eigenvalue weighted by Crippen LogP contribution is 2.33. The maximum absolute atomic E-state index is 13.9. The molecule has 7 nitrogen and oxygen atoms in total. The van der Waals surface area contributed by atoms with Gasteiger partial charge in [-0.2, -0.15) is 18.3 Å². The molecule has 0 radical (unpaired) electrons. The fourth-order valence-corrected chi connectivity index (χ4v) is 4.61. The van der Waals surface area contributed by atoms with Crippen molar-refractivity contribution in [2.45, 2.75) is 12.7 Å². The van der Waals surface area contributed by atoms with Gasteiger partial charge < -0.3 is 9.64 Å². The molecule has 4 aromatic rings. The Hall–Kier alpha value is -3.63. The van der Waals surface area contributed by atoms with E-state index in [4.69, 9.17) is 16.3 Å². The smallest absolute Gasteiger partial charge is 0.433 e. The third-order valence-electron chi connectivity index (χ3n) is 6.33. The summed E-state index contributed by atoms with van der Waals surface area (Å²) in [5.41, 5.74) is 0.515. The molecule has 1 aliphatic heterocycles. The molecule has 0 N–H and O–H groups in total. The summed E-state index contributed by atoms with van der Waals surface area (Å²) in [7, 11) is 1.50. The van der Waals surface area contributed by atoms with E-state index in [2.05, 4.69) is 15.0 Å². The van der Waals surface area contributed by atoms with Crippen LogP contribution >= 0.6 is 11.6 Å². The first-order valence-corrected chi connectivity index (χ1v) is 12.0. The number of aromatic nitrogens is 3. The summed E-state index contributed by atoms with van der Waals surface area (Å²) in [6, 6.07) is 15.1. The van der Waals surface area contributed by atoms with E-state index in [0.29, 0.717) is 53.6 Å². The second-order valence-electron chi connectivity index (χ2n) is 8.74. The molecule has 0 aliphatic carbocycles. The van der Waals surface area contributed by atoms with Crippen molar-refractivity contribution >= 4 is 23.2 Å².